The van der Waals surface area contributed by atoms with Crippen LogP contribution in [-0.2, 0) is 0 Å². The average Bonchev–Trinajstić information content (AvgIpc) is 3.20. The molecule has 6 heteroatoms. The Bertz CT molecular complexity index is 1160. The molecule has 28 heavy (non-hydrogen) atoms. The van der Waals surface area contributed by atoms with Crippen molar-refractivity contribution in [1.29, 1.82) is 0 Å². The smallest absolute Gasteiger partial charge is 0.251 e. The Morgan fingerprint density at radius 1 is 1.00 bits per heavy atom. The third-order valence-corrected chi connectivity index (χ3v) is 4.34. The van der Waals surface area contributed by atoms with E-state index in [1.54, 1.807) is 27.8 Å². The Labute approximate surface area is 162 Å². The van der Waals surface area contributed by atoms with Gasteiger partial charge in [0.15, 0.2) is 11.4 Å². The fourth-order valence-corrected chi connectivity index (χ4v) is 3.05. The summed E-state index contributed by atoms with van der Waals surface area (Å²) in [5, 5.41) is 9.00. The second-order valence-corrected chi connectivity index (χ2v) is 6.35. The van der Waals surface area contributed by atoms with E-state index in [1.165, 1.54) is 0 Å². The van der Waals surface area contributed by atoms with E-state index >= 15 is 0 Å². The summed E-state index contributed by atoms with van der Waals surface area (Å²) in [6, 6.07) is 19.4. The van der Waals surface area contributed by atoms with Gasteiger partial charge in [0.1, 0.15) is 0 Å². The van der Waals surface area contributed by atoms with Crippen molar-refractivity contribution in [2.75, 3.05) is 6.61 Å². The standard InChI is InChI=1S/C22H20N4O2/c1-3-28-20-15-25(18-11-7-8-16(2)14-18)24-21(22(20)27)19-12-13-23-26(19)17-9-5-4-6-10-17/h4-15H,3H2,1-2H3. The maximum absolute atomic E-state index is 13.0. The van der Waals surface area contributed by atoms with Gasteiger partial charge in [0.2, 0.25) is 0 Å². The van der Waals surface area contributed by atoms with Gasteiger partial charge in [0, 0.05) is 0 Å². The van der Waals surface area contributed by atoms with E-state index in [4.69, 9.17) is 4.74 Å². The van der Waals surface area contributed by atoms with Crippen LogP contribution in [0.4, 0.5) is 0 Å². The molecule has 4 rings (SSSR count). The van der Waals surface area contributed by atoms with Crippen LogP contribution in [0.1, 0.15) is 12.5 Å². The first-order chi connectivity index (χ1) is 13.7. The number of rotatable bonds is 5. The largest absolute Gasteiger partial charge is 0.488 e. The number of hydrogen-bond acceptors (Lipinski definition) is 4. The SMILES string of the molecule is CCOc1cn(-c2cccc(C)c2)nc(-c2ccnn2-c2ccccc2)c1=O. The molecule has 0 aliphatic rings. The zero-order valence-corrected chi connectivity index (χ0v) is 15.7. The van der Waals surface area contributed by atoms with E-state index < -0.39 is 0 Å². The summed E-state index contributed by atoms with van der Waals surface area (Å²) in [4.78, 5) is 13.0. The highest BCUT2D eigenvalue weighted by Crippen LogP contribution is 2.21. The van der Waals surface area contributed by atoms with Gasteiger partial charge >= 0.3 is 0 Å². The monoisotopic (exact) mass is 372 g/mol. The molecule has 6 nitrogen and oxygen atoms in total. The Hall–Kier alpha value is -3.67. The van der Waals surface area contributed by atoms with Crippen LogP contribution in [0.2, 0.25) is 0 Å². The van der Waals surface area contributed by atoms with Gasteiger partial charge in [-0.05, 0) is 49.7 Å². The predicted octanol–water partition coefficient (Wildman–Crippen LogP) is 3.79. The molecule has 0 radical (unpaired) electrons. The highest BCUT2D eigenvalue weighted by molar-refractivity contribution is 5.59. The molecule has 2 aromatic heterocycles. The predicted molar refractivity (Wildman–Crippen MR) is 108 cm³/mol. The third kappa shape index (κ3) is 3.32. The van der Waals surface area contributed by atoms with Crippen molar-refractivity contribution in [2.24, 2.45) is 0 Å². The number of para-hydroxylation sites is 1. The number of nitrogens with zero attached hydrogens (tertiary/aromatic N) is 4. The molecule has 0 N–H and O–H groups in total. The molecule has 0 spiro atoms. The van der Waals surface area contributed by atoms with E-state index in [0.717, 1.165) is 16.9 Å². The Balaban J connectivity index is 1.93. The fraction of sp³-hybridized carbons (Fsp3) is 0.136. The van der Waals surface area contributed by atoms with Gasteiger partial charge in [0.05, 0.1) is 36.1 Å². The summed E-state index contributed by atoms with van der Waals surface area (Å²) in [5.74, 6) is 0.259. The summed E-state index contributed by atoms with van der Waals surface area (Å²) in [6.07, 6.45) is 3.29. The van der Waals surface area contributed by atoms with Crippen LogP contribution in [0.3, 0.4) is 0 Å². The Morgan fingerprint density at radius 2 is 1.79 bits per heavy atom. The van der Waals surface area contributed by atoms with Crippen molar-refractivity contribution in [3.63, 3.8) is 0 Å². The van der Waals surface area contributed by atoms with E-state index in [9.17, 15) is 4.79 Å². The van der Waals surface area contributed by atoms with Gasteiger partial charge in [-0.15, -0.1) is 0 Å². The molecule has 0 unspecified atom stereocenters. The normalized spacial score (nSPS) is 10.8. The molecule has 0 atom stereocenters. The van der Waals surface area contributed by atoms with Crippen molar-refractivity contribution in [3.8, 4) is 28.5 Å². The van der Waals surface area contributed by atoms with Crippen LogP contribution in [0.25, 0.3) is 22.8 Å². The highest BCUT2D eigenvalue weighted by atomic mass is 16.5. The second kappa shape index (κ2) is 7.52. The molecule has 0 bridgehead atoms. The van der Waals surface area contributed by atoms with Crippen molar-refractivity contribution in [1.82, 2.24) is 19.6 Å². The molecule has 0 saturated heterocycles. The molecule has 0 aliphatic heterocycles. The van der Waals surface area contributed by atoms with Crippen LogP contribution >= 0.6 is 0 Å². The van der Waals surface area contributed by atoms with E-state index in [2.05, 4.69) is 10.2 Å². The number of hydrogen-bond donors (Lipinski definition) is 0. The summed E-state index contributed by atoms with van der Waals surface area (Å²) in [5.41, 5.74) is 3.45. The molecular weight excluding hydrogens is 352 g/mol. The highest BCUT2D eigenvalue weighted by Gasteiger charge is 2.18. The van der Waals surface area contributed by atoms with Crippen molar-refractivity contribution in [3.05, 3.63) is 88.8 Å². The van der Waals surface area contributed by atoms with E-state index in [-0.39, 0.29) is 16.9 Å². The summed E-state index contributed by atoms with van der Waals surface area (Å²) in [6.45, 7) is 4.26. The van der Waals surface area contributed by atoms with Crippen LogP contribution in [-0.4, -0.2) is 26.2 Å². The van der Waals surface area contributed by atoms with Crippen molar-refractivity contribution >= 4 is 0 Å². The minimum absolute atomic E-state index is 0.259. The number of aryl methyl sites for hydroxylation is 1. The first-order valence-corrected chi connectivity index (χ1v) is 9.11. The number of benzene rings is 2. The first kappa shape index (κ1) is 17.7. The van der Waals surface area contributed by atoms with E-state index in [0.29, 0.717) is 12.3 Å². The topological polar surface area (TPSA) is 61.9 Å². The van der Waals surface area contributed by atoms with Crippen LogP contribution < -0.4 is 10.2 Å². The summed E-state index contributed by atoms with van der Waals surface area (Å²) >= 11 is 0. The average molecular weight is 372 g/mol. The van der Waals surface area contributed by atoms with Crippen LogP contribution in [0, 0.1) is 6.92 Å². The van der Waals surface area contributed by atoms with Gasteiger partial charge in [0.25, 0.3) is 5.43 Å². The maximum atomic E-state index is 13.0. The third-order valence-electron chi connectivity index (χ3n) is 4.34. The number of aromatic nitrogens is 4. The maximum Gasteiger partial charge on any atom is 0.251 e. The minimum Gasteiger partial charge on any atom is -0.488 e. The first-order valence-electron chi connectivity index (χ1n) is 9.11. The van der Waals surface area contributed by atoms with Gasteiger partial charge in [-0.2, -0.15) is 10.2 Å². The zero-order valence-electron chi connectivity index (χ0n) is 15.7. The second-order valence-electron chi connectivity index (χ2n) is 6.35. The van der Waals surface area contributed by atoms with Gasteiger partial charge in [-0.1, -0.05) is 30.3 Å². The van der Waals surface area contributed by atoms with E-state index in [1.807, 2.05) is 68.4 Å². The molecule has 0 fully saturated rings. The summed E-state index contributed by atoms with van der Waals surface area (Å²) in [7, 11) is 0. The molecule has 0 amide bonds. The molecule has 4 aromatic rings. The van der Waals surface area contributed by atoms with Gasteiger partial charge < -0.3 is 4.74 Å². The molecule has 2 aromatic carbocycles. The van der Waals surface area contributed by atoms with Crippen molar-refractivity contribution in [2.45, 2.75) is 13.8 Å². The van der Waals surface area contributed by atoms with Gasteiger partial charge in [-0.25, -0.2) is 9.36 Å². The quantitative estimate of drug-likeness (QED) is 0.535. The summed E-state index contributed by atoms with van der Waals surface area (Å²) < 4.78 is 9.00. The Morgan fingerprint density at radius 3 is 2.54 bits per heavy atom. The lowest BCUT2D eigenvalue weighted by atomic mass is 10.2. The number of ether oxygens (including phenoxy) is 1. The molecule has 0 saturated carbocycles. The Kier molecular flexibility index (Phi) is 4.76. The lowest BCUT2D eigenvalue weighted by Gasteiger charge is -2.13. The van der Waals surface area contributed by atoms with Gasteiger partial charge in [-0.3, -0.25) is 4.79 Å². The molecule has 0 aliphatic carbocycles. The van der Waals surface area contributed by atoms with Crippen molar-refractivity contribution < 1.29 is 4.74 Å². The lowest BCUT2D eigenvalue weighted by molar-refractivity contribution is 0.333. The molecule has 140 valence electrons. The zero-order chi connectivity index (χ0) is 19.5. The molecule has 2 heterocycles. The van der Waals surface area contributed by atoms with Crippen LogP contribution in [0.15, 0.2) is 77.9 Å². The minimum atomic E-state index is -0.261. The fourth-order valence-electron chi connectivity index (χ4n) is 3.05. The lowest BCUT2D eigenvalue weighted by Crippen LogP contribution is -2.18. The van der Waals surface area contributed by atoms with Crippen LogP contribution in [0.5, 0.6) is 5.75 Å². The molecular formula is C22H20N4O2.